The predicted octanol–water partition coefficient (Wildman–Crippen LogP) is 4.85. The van der Waals surface area contributed by atoms with Crippen LogP contribution >= 0.6 is 0 Å². The normalized spacial score (nSPS) is 13.2. The second-order valence-corrected chi connectivity index (χ2v) is 10.6. The Hall–Kier alpha value is -0.863. The summed E-state index contributed by atoms with van der Waals surface area (Å²) in [5, 5.41) is 0.105. The highest BCUT2D eigenvalue weighted by atomic mass is 28.4. The average molecular weight is 262 g/mol. The molecule has 0 saturated heterocycles. The van der Waals surface area contributed by atoms with Crippen molar-refractivity contribution >= 4 is 14.4 Å². The van der Waals surface area contributed by atoms with Crippen molar-refractivity contribution in [1.82, 2.24) is 0 Å². The molecule has 0 spiro atoms. The molecule has 1 rings (SSSR count). The predicted molar refractivity (Wildman–Crippen MR) is 83.1 cm³/mol. The maximum absolute atomic E-state index is 10.2. The maximum atomic E-state index is 10.2. The molecule has 1 aromatic carbocycles. The second kappa shape index (κ2) is 6.35. The van der Waals surface area contributed by atoms with Gasteiger partial charge >= 0.3 is 0 Å². The summed E-state index contributed by atoms with van der Waals surface area (Å²) in [6.07, 6.45) is 7.74. The molecule has 0 aliphatic heterocycles. The van der Waals surface area contributed by atoms with E-state index in [0.29, 0.717) is 0 Å². The summed E-state index contributed by atoms with van der Waals surface area (Å²) >= 11 is 0. The highest BCUT2D eigenvalue weighted by molar-refractivity contribution is 6.72. The van der Waals surface area contributed by atoms with Crippen LogP contribution in [0, 0.1) is 0 Å². The molecule has 1 nitrogen and oxygen atoms in total. The lowest BCUT2D eigenvalue weighted by atomic mass is 10.0. The number of benzene rings is 1. The Morgan fingerprint density at radius 2 is 1.78 bits per heavy atom. The molecule has 0 bridgehead atoms. The van der Waals surface area contributed by atoms with E-state index < -0.39 is 8.32 Å². The Labute approximate surface area is 113 Å². The van der Waals surface area contributed by atoms with Crippen LogP contribution < -0.4 is 0 Å². The van der Waals surface area contributed by atoms with Gasteiger partial charge in [-0.2, -0.15) is 0 Å². The van der Waals surface area contributed by atoms with E-state index in [9.17, 15) is 4.80 Å². The number of allylic oxidation sites excluding steroid dienone is 1. The van der Waals surface area contributed by atoms with E-state index in [-0.39, 0.29) is 5.04 Å². The summed E-state index contributed by atoms with van der Waals surface area (Å²) in [5.41, 5.74) is 1.26. The first-order chi connectivity index (χ1) is 8.33. The summed E-state index contributed by atoms with van der Waals surface area (Å²) in [6.45, 7) is 8.46. The lowest BCUT2D eigenvalue weighted by molar-refractivity contribution is 0.444. The van der Waals surface area contributed by atoms with Crippen LogP contribution in [0.5, 0.6) is 0 Å². The van der Waals surface area contributed by atoms with Crippen LogP contribution in [0.15, 0.2) is 36.4 Å². The molecule has 1 N–H and O–H groups in total. The molecule has 0 unspecified atom stereocenters. The lowest BCUT2D eigenvalue weighted by Gasteiger charge is -2.35. The van der Waals surface area contributed by atoms with E-state index in [4.69, 9.17) is 0 Å². The van der Waals surface area contributed by atoms with Crippen LogP contribution in [0.4, 0.5) is 0 Å². The smallest absolute Gasteiger partial charge is 0.188 e. The Morgan fingerprint density at radius 1 is 1.17 bits per heavy atom. The summed E-state index contributed by atoms with van der Waals surface area (Å²) in [5.74, 6) is 0. The Balaban J connectivity index is 2.34. The van der Waals surface area contributed by atoms with Gasteiger partial charge in [0.15, 0.2) is 8.32 Å². The highest BCUT2D eigenvalue weighted by Gasteiger charge is 2.36. The van der Waals surface area contributed by atoms with E-state index in [1.165, 1.54) is 5.56 Å². The Bertz CT molecular complexity index is 374. The average Bonchev–Trinajstić information content (AvgIpc) is 2.28. The fourth-order valence-electron chi connectivity index (χ4n) is 1.75. The zero-order valence-electron chi connectivity index (χ0n) is 12.1. The van der Waals surface area contributed by atoms with Gasteiger partial charge in [0.05, 0.1) is 0 Å². The third-order valence-electron chi connectivity index (χ3n) is 3.94. The van der Waals surface area contributed by atoms with Crippen molar-refractivity contribution in [2.24, 2.45) is 0 Å². The molecular weight excluding hydrogens is 236 g/mol. The largest absolute Gasteiger partial charge is 0.432 e. The summed E-state index contributed by atoms with van der Waals surface area (Å²) < 4.78 is 0. The number of rotatable bonds is 6. The maximum Gasteiger partial charge on any atom is 0.188 e. The molecule has 0 aliphatic carbocycles. The fourth-order valence-corrected chi connectivity index (χ4v) is 2.54. The van der Waals surface area contributed by atoms with Gasteiger partial charge in [0.25, 0.3) is 0 Å². The first-order valence-corrected chi connectivity index (χ1v) is 9.72. The molecular formula is C16H26OSi. The van der Waals surface area contributed by atoms with Crippen molar-refractivity contribution in [1.29, 1.82) is 0 Å². The molecule has 0 aliphatic rings. The van der Waals surface area contributed by atoms with Gasteiger partial charge in [-0.3, -0.25) is 0 Å². The van der Waals surface area contributed by atoms with Crippen LogP contribution in [-0.4, -0.2) is 13.1 Å². The van der Waals surface area contributed by atoms with Crippen molar-refractivity contribution < 1.29 is 4.80 Å². The molecule has 0 saturated carbocycles. The third kappa shape index (κ3) is 4.79. The van der Waals surface area contributed by atoms with Gasteiger partial charge in [-0.25, -0.2) is 0 Å². The van der Waals surface area contributed by atoms with Crippen LogP contribution in [0.2, 0.25) is 18.1 Å². The monoisotopic (exact) mass is 262 g/mol. The van der Waals surface area contributed by atoms with Crippen molar-refractivity contribution in [3.05, 3.63) is 42.0 Å². The molecule has 100 valence electrons. The van der Waals surface area contributed by atoms with E-state index in [0.717, 1.165) is 19.3 Å². The molecule has 18 heavy (non-hydrogen) atoms. The highest BCUT2D eigenvalue weighted by Crippen LogP contribution is 2.40. The van der Waals surface area contributed by atoms with Crippen molar-refractivity contribution in [3.63, 3.8) is 0 Å². The van der Waals surface area contributed by atoms with Crippen LogP contribution in [0.25, 0.3) is 6.08 Å². The Kier molecular flexibility index (Phi) is 5.36. The van der Waals surface area contributed by atoms with Crippen molar-refractivity contribution in [2.45, 2.75) is 51.2 Å². The SMILES string of the molecule is CC(C)(CCC/C=C/c1ccccc1)[Si](C)(C)O. The van der Waals surface area contributed by atoms with E-state index in [1.807, 2.05) is 19.2 Å². The standard InChI is InChI=1S/C16H26OSi/c1-16(2,18(3,4)17)14-10-6-9-13-15-11-7-5-8-12-15/h5,7-9,11-13,17H,6,10,14H2,1-4H3/b13-9+. The molecule has 0 aromatic heterocycles. The second-order valence-electron chi connectivity index (χ2n) is 6.15. The Morgan fingerprint density at radius 3 is 2.33 bits per heavy atom. The molecule has 0 atom stereocenters. The van der Waals surface area contributed by atoms with Gasteiger partial charge in [-0.1, -0.05) is 56.3 Å². The van der Waals surface area contributed by atoms with Crippen LogP contribution in [0.1, 0.15) is 38.7 Å². The summed E-state index contributed by atoms with van der Waals surface area (Å²) in [7, 11) is -2.03. The quantitative estimate of drug-likeness (QED) is 0.574. The fraction of sp³-hybridized carbons (Fsp3) is 0.500. The van der Waals surface area contributed by atoms with E-state index in [2.05, 4.69) is 50.3 Å². The molecule has 2 heteroatoms. The topological polar surface area (TPSA) is 20.2 Å². The minimum absolute atomic E-state index is 0.105. The van der Waals surface area contributed by atoms with Gasteiger partial charge in [0.2, 0.25) is 0 Å². The van der Waals surface area contributed by atoms with Gasteiger partial charge in [-0.15, -0.1) is 0 Å². The molecule has 1 aromatic rings. The summed E-state index contributed by atoms with van der Waals surface area (Å²) in [6, 6.07) is 10.4. The van der Waals surface area contributed by atoms with Gasteiger partial charge < -0.3 is 4.80 Å². The van der Waals surface area contributed by atoms with Gasteiger partial charge in [-0.05, 0) is 43.0 Å². The minimum Gasteiger partial charge on any atom is -0.432 e. The van der Waals surface area contributed by atoms with Gasteiger partial charge in [0.1, 0.15) is 0 Å². The number of hydrogen-bond acceptors (Lipinski definition) is 1. The van der Waals surface area contributed by atoms with Crippen molar-refractivity contribution in [2.75, 3.05) is 0 Å². The first kappa shape index (κ1) is 15.2. The van der Waals surface area contributed by atoms with E-state index in [1.54, 1.807) is 0 Å². The number of unbranched alkanes of at least 4 members (excludes halogenated alkanes) is 1. The van der Waals surface area contributed by atoms with E-state index >= 15 is 0 Å². The zero-order valence-corrected chi connectivity index (χ0v) is 13.1. The minimum atomic E-state index is -2.03. The zero-order chi connectivity index (χ0) is 13.6. The molecule has 0 fully saturated rings. The molecule has 0 heterocycles. The molecule has 0 amide bonds. The van der Waals surface area contributed by atoms with Gasteiger partial charge in [0, 0.05) is 0 Å². The van der Waals surface area contributed by atoms with Crippen LogP contribution in [-0.2, 0) is 0 Å². The summed E-state index contributed by atoms with van der Waals surface area (Å²) in [4.78, 5) is 10.2. The van der Waals surface area contributed by atoms with Crippen LogP contribution in [0.3, 0.4) is 0 Å². The number of hydrogen-bond donors (Lipinski definition) is 1. The first-order valence-electron chi connectivity index (χ1n) is 6.77. The van der Waals surface area contributed by atoms with Crippen molar-refractivity contribution in [3.8, 4) is 0 Å². The lowest BCUT2D eigenvalue weighted by Crippen LogP contribution is -2.38. The molecule has 0 radical (unpaired) electrons. The third-order valence-corrected chi connectivity index (χ3v) is 7.50.